The number of halogens is 6. The van der Waals surface area contributed by atoms with Crippen LogP contribution < -0.4 is 0 Å². The molecule has 0 aliphatic rings. The zero-order chi connectivity index (χ0) is 13.4. The molecule has 1 rings (SSSR count). The Kier molecular flexibility index (Phi) is 2.97. The number of hydrogen-bond acceptors (Lipinski definition) is 2. The van der Waals surface area contributed by atoms with Gasteiger partial charge in [0.25, 0.3) is 0 Å². The van der Waals surface area contributed by atoms with E-state index in [9.17, 15) is 26.3 Å². The highest BCUT2D eigenvalue weighted by Gasteiger charge is 2.40. The van der Waals surface area contributed by atoms with Crippen LogP contribution in [0.3, 0.4) is 0 Å². The molecular weight excluding hydrogens is 252 g/mol. The molecule has 0 saturated heterocycles. The van der Waals surface area contributed by atoms with Crippen LogP contribution in [0.5, 0.6) is 5.75 Å². The van der Waals surface area contributed by atoms with E-state index < -0.39 is 34.8 Å². The average molecular weight is 255 g/mol. The van der Waals surface area contributed by atoms with Gasteiger partial charge < -0.3 is 5.11 Å². The first-order valence-electron chi connectivity index (χ1n) is 3.99. The van der Waals surface area contributed by atoms with Crippen LogP contribution in [0.1, 0.15) is 16.7 Å². The van der Waals surface area contributed by atoms with Crippen molar-refractivity contribution in [2.24, 2.45) is 0 Å². The fourth-order valence-corrected chi connectivity index (χ4v) is 1.14. The molecule has 0 atom stereocenters. The molecule has 17 heavy (non-hydrogen) atoms. The smallest absolute Gasteiger partial charge is 0.419 e. The third kappa shape index (κ3) is 2.61. The molecule has 0 aliphatic heterocycles. The summed E-state index contributed by atoms with van der Waals surface area (Å²) in [6.45, 7) is 0. The minimum absolute atomic E-state index is 0.144. The van der Waals surface area contributed by atoms with E-state index in [0.29, 0.717) is 0 Å². The molecule has 92 valence electrons. The van der Waals surface area contributed by atoms with Gasteiger partial charge in [-0.2, -0.15) is 31.6 Å². The van der Waals surface area contributed by atoms with Gasteiger partial charge in [-0.15, -0.1) is 0 Å². The Bertz CT molecular complexity index is 482. The normalized spacial score (nSPS) is 12.3. The highest BCUT2D eigenvalue weighted by atomic mass is 19.4. The summed E-state index contributed by atoms with van der Waals surface area (Å²) in [5.41, 5.74) is -4.63. The van der Waals surface area contributed by atoms with Gasteiger partial charge in [0.2, 0.25) is 0 Å². The molecule has 0 amide bonds. The molecular formula is C9H3F6NO. The molecule has 0 heterocycles. The van der Waals surface area contributed by atoms with Gasteiger partial charge in [0.15, 0.2) is 0 Å². The molecule has 0 bridgehead atoms. The van der Waals surface area contributed by atoms with Crippen LogP contribution in [0, 0.1) is 11.3 Å². The van der Waals surface area contributed by atoms with Gasteiger partial charge in [-0.1, -0.05) is 0 Å². The first kappa shape index (κ1) is 13.2. The third-order valence-corrected chi connectivity index (χ3v) is 1.87. The number of nitriles is 1. The summed E-state index contributed by atoms with van der Waals surface area (Å²) in [6.07, 6.45) is -10.2. The molecule has 0 aromatic heterocycles. The lowest BCUT2D eigenvalue weighted by atomic mass is 10.0. The quantitative estimate of drug-likeness (QED) is 0.723. The lowest BCUT2D eigenvalue weighted by Crippen LogP contribution is -2.12. The first-order valence-corrected chi connectivity index (χ1v) is 3.99. The predicted molar refractivity (Wildman–Crippen MR) is 42.8 cm³/mol. The molecule has 8 heteroatoms. The molecule has 1 N–H and O–H groups in total. The fourth-order valence-electron chi connectivity index (χ4n) is 1.14. The molecule has 0 fully saturated rings. The molecule has 0 spiro atoms. The van der Waals surface area contributed by atoms with Crippen molar-refractivity contribution in [3.05, 3.63) is 28.8 Å². The minimum Gasteiger partial charge on any atom is -0.507 e. The van der Waals surface area contributed by atoms with Crippen molar-refractivity contribution >= 4 is 0 Å². The fraction of sp³-hybridized carbons (Fsp3) is 0.222. The summed E-state index contributed by atoms with van der Waals surface area (Å²) in [5, 5.41) is 17.3. The van der Waals surface area contributed by atoms with Crippen molar-refractivity contribution in [3.63, 3.8) is 0 Å². The summed E-state index contributed by atoms with van der Waals surface area (Å²) in [4.78, 5) is 0. The Hall–Kier alpha value is -1.91. The SMILES string of the molecule is N#Cc1cc(O)c(C(F)(F)F)cc1C(F)(F)F. The lowest BCUT2D eigenvalue weighted by molar-refractivity contribution is -0.143. The molecule has 0 radical (unpaired) electrons. The standard InChI is InChI=1S/C9H3F6NO/c10-8(11,12)5-2-6(9(13,14)15)7(17)1-4(5)3-16/h1-2,17H. The van der Waals surface area contributed by atoms with Crippen molar-refractivity contribution in [2.45, 2.75) is 12.4 Å². The van der Waals surface area contributed by atoms with Gasteiger partial charge >= 0.3 is 12.4 Å². The van der Waals surface area contributed by atoms with Gasteiger partial charge in [-0.05, 0) is 12.1 Å². The summed E-state index contributed by atoms with van der Waals surface area (Å²) < 4.78 is 73.7. The average Bonchev–Trinajstić information content (AvgIpc) is 2.13. The van der Waals surface area contributed by atoms with Crippen LogP contribution in [0.2, 0.25) is 0 Å². The molecule has 0 aliphatic carbocycles. The maximum Gasteiger partial charge on any atom is 0.419 e. The maximum atomic E-state index is 12.3. The number of rotatable bonds is 0. The number of aromatic hydroxyl groups is 1. The number of alkyl halides is 6. The molecule has 0 unspecified atom stereocenters. The zero-order valence-electron chi connectivity index (χ0n) is 7.82. The summed E-state index contributed by atoms with van der Waals surface area (Å²) in [5.74, 6) is -1.41. The Morgan fingerprint density at radius 1 is 0.941 bits per heavy atom. The lowest BCUT2D eigenvalue weighted by Gasteiger charge is -2.14. The van der Waals surface area contributed by atoms with Gasteiger partial charge in [-0.25, -0.2) is 0 Å². The molecule has 0 saturated carbocycles. The van der Waals surface area contributed by atoms with Gasteiger partial charge in [0.1, 0.15) is 5.75 Å². The van der Waals surface area contributed by atoms with E-state index in [1.807, 2.05) is 0 Å². The Morgan fingerprint density at radius 3 is 1.76 bits per heavy atom. The van der Waals surface area contributed by atoms with Crippen LogP contribution in [-0.4, -0.2) is 5.11 Å². The number of benzene rings is 1. The number of hydrogen-bond donors (Lipinski definition) is 1. The van der Waals surface area contributed by atoms with E-state index in [-0.39, 0.29) is 12.1 Å². The van der Waals surface area contributed by atoms with E-state index in [1.165, 1.54) is 0 Å². The molecule has 1 aromatic rings. The zero-order valence-corrected chi connectivity index (χ0v) is 7.82. The van der Waals surface area contributed by atoms with Crippen LogP contribution in [0.15, 0.2) is 12.1 Å². The van der Waals surface area contributed by atoms with Crippen LogP contribution in [0.25, 0.3) is 0 Å². The van der Waals surface area contributed by atoms with Crippen LogP contribution in [0.4, 0.5) is 26.3 Å². The largest absolute Gasteiger partial charge is 0.507 e. The van der Waals surface area contributed by atoms with Crippen molar-refractivity contribution in [1.29, 1.82) is 5.26 Å². The second-order valence-electron chi connectivity index (χ2n) is 3.02. The predicted octanol–water partition coefficient (Wildman–Crippen LogP) is 3.30. The summed E-state index contributed by atoms with van der Waals surface area (Å²) >= 11 is 0. The summed E-state index contributed by atoms with van der Waals surface area (Å²) in [7, 11) is 0. The number of nitrogens with zero attached hydrogens (tertiary/aromatic N) is 1. The topological polar surface area (TPSA) is 44.0 Å². The van der Waals surface area contributed by atoms with Crippen molar-refractivity contribution < 1.29 is 31.4 Å². The minimum atomic E-state index is -5.13. The molecule has 1 aromatic carbocycles. The van der Waals surface area contributed by atoms with E-state index >= 15 is 0 Å². The van der Waals surface area contributed by atoms with Gasteiger partial charge in [0, 0.05) is 0 Å². The highest BCUT2D eigenvalue weighted by molar-refractivity contribution is 5.49. The molecule has 2 nitrogen and oxygen atoms in total. The van der Waals surface area contributed by atoms with Crippen LogP contribution >= 0.6 is 0 Å². The van der Waals surface area contributed by atoms with E-state index in [1.54, 1.807) is 0 Å². The second-order valence-corrected chi connectivity index (χ2v) is 3.02. The van der Waals surface area contributed by atoms with Crippen molar-refractivity contribution in [2.75, 3.05) is 0 Å². The third-order valence-electron chi connectivity index (χ3n) is 1.87. The van der Waals surface area contributed by atoms with Crippen molar-refractivity contribution in [3.8, 4) is 11.8 Å². The van der Waals surface area contributed by atoms with Crippen LogP contribution in [-0.2, 0) is 12.4 Å². The van der Waals surface area contributed by atoms with Gasteiger partial charge in [-0.3, -0.25) is 0 Å². The van der Waals surface area contributed by atoms with Crippen molar-refractivity contribution in [1.82, 2.24) is 0 Å². The first-order chi connectivity index (χ1) is 7.57. The Balaban J connectivity index is 3.57. The Morgan fingerprint density at radius 2 is 1.41 bits per heavy atom. The van der Waals surface area contributed by atoms with E-state index in [4.69, 9.17) is 10.4 Å². The Labute approximate surface area is 90.7 Å². The van der Waals surface area contributed by atoms with E-state index in [2.05, 4.69) is 0 Å². The van der Waals surface area contributed by atoms with E-state index in [0.717, 1.165) is 6.07 Å². The van der Waals surface area contributed by atoms with Gasteiger partial charge in [0.05, 0.1) is 22.8 Å². The summed E-state index contributed by atoms with van der Waals surface area (Å²) in [6, 6.07) is 0.935. The monoisotopic (exact) mass is 255 g/mol. The number of phenolic OH excluding ortho intramolecular Hbond substituents is 1. The second kappa shape index (κ2) is 3.84. The number of phenols is 1. The maximum absolute atomic E-state index is 12.3. The highest BCUT2D eigenvalue weighted by Crippen LogP contribution is 2.41.